The van der Waals surface area contributed by atoms with Crippen molar-refractivity contribution in [1.82, 2.24) is 0 Å². The number of aliphatic hydroxyl groups excluding tert-OH is 4. The summed E-state index contributed by atoms with van der Waals surface area (Å²) in [7, 11) is 0. The molecule has 5 aliphatic rings. The van der Waals surface area contributed by atoms with Gasteiger partial charge in [-0.05, 0) is 116 Å². The summed E-state index contributed by atoms with van der Waals surface area (Å²) < 4.78 is 12.1. The zero-order valence-electron chi connectivity index (χ0n) is 29.7. The molecule has 0 aromatic carbocycles. The maximum atomic E-state index is 10.2. The fourth-order valence-electron chi connectivity index (χ4n) is 11.0. The molecule has 0 bridgehead atoms. The maximum absolute atomic E-state index is 10.2. The summed E-state index contributed by atoms with van der Waals surface area (Å²) in [5, 5.41) is 39.5. The minimum atomic E-state index is -1.29. The number of aliphatic hydroxyl groups is 4. The molecular formula is C39H68O6S. The highest BCUT2D eigenvalue weighted by molar-refractivity contribution is 7.99. The fourth-order valence-corrected chi connectivity index (χ4v) is 12.2. The molecule has 6 nitrogen and oxygen atoms in total. The van der Waals surface area contributed by atoms with Crippen LogP contribution in [0, 0.1) is 46.3 Å². The van der Waals surface area contributed by atoms with E-state index in [1.165, 1.54) is 76.0 Å². The second kappa shape index (κ2) is 16.2. The zero-order valence-corrected chi connectivity index (χ0v) is 30.6. The van der Waals surface area contributed by atoms with Crippen LogP contribution in [0.4, 0.5) is 0 Å². The quantitative estimate of drug-likeness (QED) is 0.106. The number of hydrogen-bond acceptors (Lipinski definition) is 7. The minimum Gasteiger partial charge on any atom is -0.394 e. The third-order valence-electron chi connectivity index (χ3n) is 13.8. The van der Waals surface area contributed by atoms with Crippen molar-refractivity contribution in [3.8, 4) is 0 Å². The molecule has 1 saturated heterocycles. The van der Waals surface area contributed by atoms with Crippen LogP contribution in [0.3, 0.4) is 0 Å². The first kappa shape index (κ1) is 37.1. The van der Waals surface area contributed by atoms with E-state index in [0.717, 1.165) is 80.0 Å². The predicted molar refractivity (Wildman–Crippen MR) is 187 cm³/mol. The molecular weight excluding hydrogens is 596 g/mol. The molecule has 0 aromatic rings. The van der Waals surface area contributed by atoms with E-state index in [1.54, 1.807) is 5.57 Å². The number of thioether (sulfide) groups is 1. The van der Waals surface area contributed by atoms with Gasteiger partial charge >= 0.3 is 0 Å². The summed E-state index contributed by atoms with van der Waals surface area (Å²) in [6.45, 7) is 13.1. The predicted octanol–water partition coefficient (Wildman–Crippen LogP) is 7.51. The molecule has 4 fully saturated rings. The molecule has 0 spiro atoms. The van der Waals surface area contributed by atoms with Gasteiger partial charge in [-0.15, -0.1) is 11.8 Å². The van der Waals surface area contributed by atoms with Gasteiger partial charge in [0.25, 0.3) is 0 Å². The van der Waals surface area contributed by atoms with Crippen molar-refractivity contribution < 1.29 is 29.9 Å². The number of allylic oxidation sites excluding steroid dienone is 1. The Kier molecular flexibility index (Phi) is 13.1. The molecule has 0 unspecified atom stereocenters. The lowest BCUT2D eigenvalue weighted by molar-refractivity contribution is -0.205. The molecule has 5 rings (SSSR count). The van der Waals surface area contributed by atoms with Crippen LogP contribution in [0.5, 0.6) is 0 Å². The fraction of sp³-hybridized carbons (Fsp3) is 0.949. The van der Waals surface area contributed by atoms with Crippen molar-refractivity contribution in [2.45, 2.75) is 167 Å². The Labute approximate surface area is 284 Å². The van der Waals surface area contributed by atoms with E-state index in [9.17, 15) is 20.4 Å². The van der Waals surface area contributed by atoms with E-state index in [2.05, 4.69) is 40.7 Å². The van der Waals surface area contributed by atoms with Crippen LogP contribution in [0.2, 0.25) is 0 Å². The molecule has 0 radical (unpaired) electrons. The Morgan fingerprint density at radius 1 is 0.891 bits per heavy atom. The van der Waals surface area contributed by atoms with Crippen LogP contribution in [0.15, 0.2) is 11.6 Å². The van der Waals surface area contributed by atoms with E-state index < -0.39 is 29.9 Å². The highest BCUT2D eigenvalue weighted by atomic mass is 32.2. The Morgan fingerprint density at radius 2 is 1.67 bits per heavy atom. The van der Waals surface area contributed by atoms with Crippen LogP contribution in [0.1, 0.15) is 131 Å². The third-order valence-corrected chi connectivity index (χ3v) is 15.0. The Hall–Kier alpha value is -0.150. The lowest BCUT2D eigenvalue weighted by atomic mass is 9.47. The van der Waals surface area contributed by atoms with Crippen molar-refractivity contribution in [2.24, 2.45) is 46.3 Å². The Balaban J connectivity index is 1.02. The van der Waals surface area contributed by atoms with Gasteiger partial charge in [0.1, 0.15) is 29.9 Å². The molecule has 1 aliphatic heterocycles. The molecule has 0 aromatic heterocycles. The second-order valence-corrected chi connectivity index (χ2v) is 18.2. The molecule has 266 valence electrons. The van der Waals surface area contributed by atoms with Crippen molar-refractivity contribution in [2.75, 3.05) is 19.0 Å². The zero-order chi connectivity index (χ0) is 33.1. The van der Waals surface area contributed by atoms with Crippen molar-refractivity contribution in [1.29, 1.82) is 0 Å². The average molecular weight is 665 g/mol. The molecule has 4 N–H and O–H groups in total. The largest absolute Gasteiger partial charge is 0.394 e. The molecule has 1 heterocycles. The molecule has 3 saturated carbocycles. The first-order chi connectivity index (χ1) is 22.0. The van der Waals surface area contributed by atoms with Gasteiger partial charge in [0.15, 0.2) is 0 Å². The Bertz CT molecular complexity index is 988. The summed E-state index contributed by atoms with van der Waals surface area (Å²) in [6.07, 6.45) is 17.7. The van der Waals surface area contributed by atoms with Gasteiger partial charge in [-0.25, -0.2) is 0 Å². The standard InChI is InChI=1S/C39H68O6S/c1-25(2)11-10-12-26(3)30-15-16-31-29-14-13-27-23-28(17-19-38(27,4)32(29)18-20-39(30,31)5)44-21-8-6-7-9-22-46-37-36(43)35(42)34(41)33(24-40)45-37/h13,25-26,28-37,40-43H,6-12,14-24H2,1-5H3/t26-,28+,29+,30-,31+,32+,33-,34-,35+,36-,37+,38+,39-/m1/s1. The molecule has 0 amide bonds. The normalized spacial score (nSPS) is 43.1. The molecule has 4 aliphatic carbocycles. The molecule has 7 heteroatoms. The Morgan fingerprint density at radius 3 is 2.43 bits per heavy atom. The average Bonchev–Trinajstić information content (AvgIpc) is 3.39. The van der Waals surface area contributed by atoms with Crippen LogP contribution in [0.25, 0.3) is 0 Å². The van der Waals surface area contributed by atoms with Crippen LogP contribution in [-0.2, 0) is 9.47 Å². The third kappa shape index (κ3) is 7.92. The number of unbranched alkanes of at least 4 members (excludes halogenated alkanes) is 3. The summed E-state index contributed by atoms with van der Waals surface area (Å²) in [4.78, 5) is 0. The highest BCUT2D eigenvalue weighted by Gasteiger charge is 2.59. The topological polar surface area (TPSA) is 99.4 Å². The number of ether oxygens (including phenoxy) is 2. The lowest BCUT2D eigenvalue weighted by Gasteiger charge is -2.58. The van der Waals surface area contributed by atoms with Crippen molar-refractivity contribution in [3.05, 3.63) is 11.6 Å². The lowest BCUT2D eigenvalue weighted by Crippen LogP contribution is -2.57. The van der Waals surface area contributed by atoms with Crippen molar-refractivity contribution >= 4 is 11.8 Å². The summed E-state index contributed by atoms with van der Waals surface area (Å²) in [5.41, 5.74) is 2.03. The number of hydrogen-bond donors (Lipinski definition) is 4. The SMILES string of the molecule is CC(C)CCC[C@@H](C)[C@H]1CC[C@H]2[C@@H]3CC=C4C[C@@H](OCCCCCCS[C@@H]5O[C@H](CO)[C@@H](O)[C@H](O)[C@H]5O)CC[C@]4(C)[C@H]3CC[C@]12C. The van der Waals surface area contributed by atoms with Gasteiger partial charge in [0, 0.05) is 6.61 Å². The van der Waals surface area contributed by atoms with Gasteiger partial charge in [-0.3, -0.25) is 0 Å². The van der Waals surface area contributed by atoms with Gasteiger partial charge < -0.3 is 29.9 Å². The highest BCUT2D eigenvalue weighted by Crippen LogP contribution is 2.67. The van der Waals surface area contributed by atoms with Gasteiger partial charge in [0.05, 0.1) is 12.7 Å². The van der Waals surface area contributed by atoms with Crippen LogP contribution in [-0.4, -0.2) is 75.3 Å². The monoisotopic (exact) mass is 664 g/mol. The summed E-state index contributed by atoms with van der Waals surface area (Å²) in [6, 6.07) is 0. The number of rotatable bonds is 15. The minimum absolute atomic E-state index is 0.369. The van der Waals surface area contributed by atoms with Crippen LogP contribution < -0.4 is 0 Å². The van der Waals surface area contributed by atoms with E-state index in [4.69, 9.17) is 9.47 Å². The van der Waals surface area contributed by atoms with Crippen LogP contribution >= 0.6 is 11.8 Å². The van der Waals surface area contributed by atoms with E-state index in [0.29, 0.717) is 16.9 Å². The number of fused-ring (bicyclic) bond motifs is 5. The van der Waals surface area contributed by atoms with Crippen molar-refractivity contribution in [3.63, 3.8) is 0 Å². The van der Waals surface area contributed by atoms with Gasteiger partial charge in [-0.1, -0.05) is 78.4 Å². The molecule has 46 heavy (non-hydrogen) atoms. The van der Waals surface area contributed by atoms with Gasteiger partial charge in [-0.2, -0.15) is 0 Å². The van der Waals surface area contributed by atoms with E-state index in [-0.39, 0.29) is 6.61 Å². The first-order valence-corrected chi connectivity index (χ1v) is 20.3. The van der Waals surface area contributed by atoms with E-state index >= 15 is 0 Å². The summed E-state index contributed by atoms with van der Waals surface area (Å²) >= 11 is 1.45. The summed E-state index contributed by atoms with van der Waals surface area (Å²) in [5.74, 6) is 6.10. The smallest absolute Gasteiger partial charge is 0.132 e. The van der Waals surface area contributed by atoms with E-state index in [1.807, 2.05) is 0 Å². The first-order valence-electron chi connectivity index (χ1n) is 19.2. The molecule has 13 atom stereocenters. The van der Waals surface area contributed by atoms with Gasteiger partial charge in [0.2, 0.25) is 0 Å². The second-order valence-electron chi connectivity index (χ2n) is 17.0. The maximum Gasteiger partial charge on any atom is 0.132 e.